The van der Waals surface area contributed by atoms with Crippen molar-refractivity contribution in [2.75, 3.05) is 7.11 Å². The molecule has 11 heavy (non-hydrogen) atoms. The van der Waals surface area contributed by atoms with Gasteiger partial charge in [0.15, 0.2) is 0 Å². The van der Waals surface area contributed by atoms with E-state index in [1.807, 2.05) is 13.0 Å². The largest absolute Gasteiger partial charge is 0.378 e. The molecule has 2 nitrogen and oxygen atoms in total. The van der Waals surface area contributed by atoms with Crippen LogP contribution in [0.2, 0.25) is 0 Å². The number of nitrogens with zero attached hydrogens (tertiary/aromatic N) is 1. The molecule has 0 aliphatic carbocycles. The molecule has 0 unspecified atom stereocenters. The Labute approximate surface area is 67.2 Å². The van der Waals surface area contributed by atoms with Crippen LogP contribution < -0.4 is 0 Å². The minimum absolute atomic E-state index is 0.600. The van der Waals surface area contributed by atoms with E-state index in [0.717, 1.165) is 11.4 Å². The molecular formula is C9H13NO. The third-order valence-corrected chi connectivity index (χ3v) is 1.44. The van der Waals surface area contributed by atoms with Crippen LogP contribution in [0.1, 0.15) is 17.0 Å². The average molecular weight is 151 g/mol. The average Bonchev–Trinajstić information content (AvgIpc) is 1.85. The van der Waals surface area contributed by atoms with E-state index in [2.05, 4.69) is 18.0 Å². The number of pyridine rings is 1. The number of methoxy groups -OCH3 is 1. The Morgan fingerprint density at radius 1 is 1.36 bits per heavy atom. The van der Waals surface area contributed by atoms with E-state index < -0.39 is 0 Å². The monoisotopic (exact) mass is 151 g/mol. The molecule has 1 aromatic heterocycles. The Balaban J connectivity index is 2.89. The van der Waals surface area contributed by atoms with E-state index in [9.17, 15) is 0 Å². The summed E-state index contributed by atoms with van der Waals surface area (Å²) in [5.74, 6) is 0. The second-order valence-corrected chi connectivity index (χ2v) is 2.71. The van der Waals surface area contributed by atoms with Crippen molar-refractivity contribution in [2.24, 2.45) is 0 Å². The van der Waals surface area contributed by atoms with Crippen molar-refractivity contribution in [1.29, 1.82) is 0 Å². The number of ether oxygens (including phenoxy) is 1. The highest BCUT2D eigenvalue weighted by Crippen LogP contribution is 2.04. The predicted octanol–water partition coefficient (Wildman–Crippen LogP) is 1.84. The van der Waals surface area contributed by atoms with Gasteiger partial charge in [-0.15, -0.1) is 0 Å². The lowest BCUT2D eigenvalue weighted by Crippen LogP contribution is -1.94. The lowest BCUT2D eigenvalue weighted by atomic mass is 10.2. The van der Waals surface area contributed by atoms with Crippen LogP contribution in [0.15, 0.2) is 12.1 Å². The zero-order valence-electron chi connectivity index (χ0n) is 7.22. The molecule has 0 aromatic carbocycles. The number of aryl methyl sites for hydroxylation is 2. The first kappa shape index (κ1) is 8.21. The van der Waals surface area contributed by atoms with Crippen molar-refractivity contribution < 1.29 is 4.74 Å². The lowest BCUT2D eigenvalue weighted by Gasteiger charge is -2.01. The van der Waals surface area contributed by atoms with Crippen molar-refractivity contribution in [2.45, 2.75) is 20.5 Å². The van der Waals surface area contributed by atoms with Gasteiger partial charge in [0.1, 0.15) is 0 Å². The van der Waals surface area contributed by atoms with Gasteiger partial charge in [-0.1, -0.05) is 0 Å². The minimum Gasteiger partial charge on any atom is -0.378 e. The van der Waals surface area contributed by atoms with Crippen molar-refractivity contribution >= 4 is 0 Å². The summed E-state index contributed by atoms with van der Waals surface area (Å²) in [6.45, 7) is 4.66. The van der Waals surface area contributed by atoms with Gasteiger partial charge in [0.2, 0.25) is 0 Å². The molecule has 1 aromatic rings. The Morgan fingerprint density at radius 2 is 2.09 bits per heavy atom. The molecule has 0 N–H and O–H groups in total. The number of rotatable bonds is 2. The Bertz CT molecular complexity index is 225. The number of hydrogen-bond acceptors (Lipinski definition) is 2. The molecule has 0 saturated heterocycles. The molecule has 1 heterocycles. The van der Waals surface area contributed by atoms with Crippen LogP contribution >= 0.6 is 0 Å². The molecule has 0 radical (unpaired) electrons. The van der Waals surface area contributed by atoms with Crippen molar-refractivity contribution in [3.63, 3.8) is 0 Å². The van der Waals surface area contributed by atoms with Gasteiger partial charge in [0.25, 0.3) is 0 Å². The molecule has 0 atom stereocenters. The SMILES string of the molecule is COCc1cc(C)cc(C)n1. The van der Waals surface area contributed by atoms with Gasteiger partial charge in [-0.3, -0.25) is 4.98 Å². The van der Waals surface area contributed by atoms with Gasteiger partial charge >= 0.3 is 0 Å². The molecule has 0 aliphatic heterocycles. The highest BCUT2D eigenvalue weighted by atomic mass is 16.5. The molecule has 0 amide bonds. The summed E-state index contributed by atoms with van der Waals surface area (Å²) in [4.78, 5) is 4.30. The van der Waals surface area contributed by atoms with E-state index in [4.69, 9.17) is 4.74 Å². The smallest absolute Gasteiger partial charge is 0.0884 e. The van der Waals surface area contributed by atoms with Crippen LogP contribution in [0.5, 0.6) is 0 Å². The van der Waals surface area contributed by atoms with Crippen molar-refractivity contribution in [3.8, 4) is 0 Å². The van der Waals surface area contributed by atoms with E-state index in [0.29, 0.717) is 6.61 Å². The molecule has 0 saturated carbocycles. The summed E-state index contributed by atoms with van der Waals surface area (Å²) < 4.78 is 4.98. The molecule has 0 aliphatic rings. The second kappa shape index (κ2) is 3.49. The molecule has 60 valence electrons. The van der Waals surface area contributed by atoms with Crippen molar-refractivity contribution in [1.82, 2.24) is 4.98 Å². The second-order valence-electron chi connectivity index (χ2n) is 2.71. The zero-order valence-corrected chi connectivity index (χ0v) is 7.22. The molecule has 0 spiro atoms. The highest BCUT2D eigenvalue weighted by molar-refractivity contribution is 5.18. The first-order valence-corrected chi connectivity index (χ1v) is 3.65. The van der Waals surface area contributed by atoms with Gasteiger partial charge in [-0.25, -0.2) is 0 Å². The van der Waals surface area contributed by atoms with Gasteiger partial charge in [-0.05, 0) is 31.5 Å². The Kier molecular flexibility index (Phi) is 2.60. The quantitative estimate of drug-likeness (QED) is 0.643. The molecule has 1 rings (SSSR count). The fraction of sp³-hybridized carbons (Fsp3) is 0.444. The predicted molar refractivity (Wildman–Crippen MR) is 44.4 cm³/mol. The van der Waals surface area contributed by atoms with Crippen LogP contribution in [-0.4, -0.2) is 12.1 Å². The number of aromatic nitrogens is 1. The van der Waals surface area contributed by atoms with E-state index in [-0.39, 0.29) is 0 Å². The Morgan fingerprint density at radius 3 is 2.64 bits per heavy atom. The molecular weight excluding hydrogens is 138 g/mol. The van der Waals surface area contributed by atoms with Gasteiger partial charge in [0, 0.05) is 12.8 Å². The summed E-state index contributed by atoms with van der Waals surface area (Å²) in [6, 6.07) is 4.09. The van der Waals surface area contributed by atoms with Crippen LogP contribution in [0.3, 0.4) is 0 Å². The maximum Gasteiger partial charge on any atom is 0.0884 e. The highest BCUT2D eigenvalue weighted by Gasteiger charge is 1.95. The fourth-order valence-electron chi connectivity index (χ4n) is 1.15. The fourth-order valence-corrected chi connectivity index (χ4v) is 1.15. The third kappa shape index (κ3) is 2.31. The topological polar surface area (TPSA) is 22.1 Å². The van der Waals surface area contributed by atoms with E-state index >= 15 is 0 Å². The molecule has 0 bridgehead atoms. The summed E-state index contributed by atoms with van der Waals surface area (Å²) in [6.07, 6.45) is 0. The number of hydrogen-bond donors (Lipinski definition) is 0. The summed E-state index contributed by atoms with van der Waals surface area (Å²) in [5.41, 5.74) is 3.30. The molecule has 2 heteroatoms. The maximum absolute atomic E-state index is 4.98. The first-order chi connectivity index (χ1) is 5.22. The first-order valence-electron chi connectivity index (χ1n) is 3.65. The summed E-state index contributed by atoms with van der Waals surface area (Å²) in [5, 5.41) is 0. The van der Waals surface area contributed by atoms with E-state index in [1.165, 1.54) is 5.56 Å². The normalized spacial score (nSPS) is 10.1. The van der Waals surface area contributed by atoms with Gasteiger partial charge in [-0.2, -0.15) is 0 Å². The van der Waals surface area contributed by atoms with E-state index in [1.54, 1.807) is 7.11 Å². The third-order valence-electron chi connectivity index (χ3n) is 1.44. The Hall–Kier alpha value is -0.890. The summed E-state index contributed by atoms with van der Waals surface area (Å²) >= 11 is 0. The van der Waals surface area contributed by atoms with Gasteiger partial charge in [0.05, 0.1) is 12.3 Å². The van der Waals surface area contributed by atoms with Crippen molar-refractivity contribution in [3.05, 3.63) is 29.1 Å². The lowest BCUT2D eigenvalue weighted by molar-refractivity contribution is 0.181. The zero-order chi connectivity index (χ0) is 8.27. The standard InChI is InChI=1S/C9H13NO/c1-7-4-8(2)10-9(5-7)6-11-3/h4-5H,6H2,1-3H3. The molecule has 0 fully saturated rings. The van der Waals surface area contributed by atoms with Crippen LogP contribution in [0.4, 0.5) is 0 Å². The minimum atomic E-state index is 0.600. The van der Waals surface area contributed by atoms with Gasteiger partial charge < -0.3 is 4.74 Å². The van der Waals surface area contributed by atoms with Crippen LogP contribution in [-0.2, 0) is 11.3 Å². The summed E-state index contributed by atoms with van der Waals surface area (Å²) in [7, 11) is 1.68. The van der Waals surface area contributed by atoms with Crippen LogP contribution in [0, 0.1) is 13.8 Å². The van der Waals surface area contributed by atoms with Crippen LogP contribution in [0.25, 0.3) is 0 Å². The maximum atomic E-state index is 4.98.